The Hall–Kier alpha value is -3.49. The van der Waals surface area contributed by atoms with Gasteiger partial charge in [-0.05, 0) is 28.7 Å². The number of aliphatic carboxylic acids is 1. The highest BCUT2D eigenvalue weighted by atomic mass is 19.3. The van der Waals surface area contributed by atoms with Crippen LogP contribution >= 0.6 is 0 Å². The molecule has 0 saturated carbocycles. The van der Waals surface area contributed by atoms with Gasteiger partial charge in [-0.3, -0.25) is 4.79 Å². The Morgan fingerprint density at radius 1 is 1.11 bits per heavy atom. The van der Waals surface area contributed by atoms with Gasteiger partial charge in [0, 0.05) is 24.8 Å². The van der Waals surface area contributed by atoms with Gasteiger partial charge in [0.1, 0.15) is 12.6 Å². The van der Waals surface area contributed by atoms with E-state index < -0.39 is 48.9 Å². The maximum Gasteiger partial charge on any atom is 0.407 e. The molecule has 2 aromatic carbocycles. The van der Waals surface area contributed by atoms with Crippen LogP contribution in [0.5, 0.6) is 0 Å². The molecule has 2 aliphatic rings. The van der Waals surface area contributed by atoms with Gasteiger partial charge in [-0.15, -0.1) is 0 Å². The van der Waals surface area contributed by atoms with Crippen molar-refractivity contribution in [1.82, 2.24) is 10.2 Å². The van der Waals surface area contributed by atoms with Gasteiger partial charge in [0.25, 0.3) is 5.92 Å². The number of nitrogens with zero attached hydrogens (tertiary/aromatic N) is 1. The molecule has 4 rings (SSSR count). The molecule has 0 radical (unpaired) electrons. The van der Waals surface area contributed by atoms with E-state index in [1.165, 1.54) is 0 Å². The van der Waals surface area contributed by atoms with Gasteiger partial charge in [-0.2, -0.15) is 0 Å². The van der Waals surface area contributed by atoms with Gasteiger partial charge in [0.05, 0.1) is 6.54 Å². The van der Waals surface area contributed by atoms with Crippen molar-refractivity contribution in [3.8, 4) is 11.1 Å². The number of fused-ring (bicyclic) bond motifs is 3. The molecule has 1 aliphatic heterocycles. The van der Waals surface area contributed by atoms with Gasteiger partial charge in [0.2, 0.25) is 5.91 Å². The smallest absolute Gasteiger partial charge is 0.407 e. The molecule has 0 unspecified atom stereocenters. The third-order valence-electron chi connectivity index (χ3n) is 6.60. The van der Waals surface area contributed by atoms with Crippen LogP contribution in [0.2, 0.25) is 0 Å². The Labute approximate surface area is 202 Å². The third-order valence-corrected chi connectivity index (χ3v) is 6.60. The SMILES string of the molecule is CCC[C@@H](CC(=O)N1CC(F)(F)C[C@@H]1C(=O)O)NC(=O)OCC1c2ccccc2-c2ccccc21. The average Bonchev–Trinajstić information content (AvgIpc) is 3.32. The van der Waals surface area contributed by atoms with Gasteiger partial charge >= 0.3 is 12.1 Å². The number of carboxylic acid groups (broad SMARTS) is 1. The Morgan fingerprint density at radius 3 is 2.29 bits per heavy atom. The van der Waals surface area contributed by atoms with Crippen LogP contribution < -0.4 is 5.32 Å². The van der Waals surface area contributed by atoms with Crippen LogP contribution in [0.3, 0.4) is 0 Å². The molecule has 2 atom stereocenters. The van der Waals surface area contributed by atoms with Gasteiger partial charge in [0.15, 0.2) is 0 Å². The maximum absolute atomic E-state index is 13.8. The van der Waals surface area contributed by atoms with E-state index >= 15 is 0 Å². The summed E-state index contributed by atoms with van der Waals surface area (Å²) < 4.78 is 33.1. The summed E-state index contributed by atoms with van der Waals surface area (Å²) in [5, 5.41) is 11.9. The monoisotopic (exact) mass is 486 g/mol. The number of nitrogens with one attached hydrogen (secondary N) is 1. The van der Waals surface area contributed by atoms with E-state index in [2.05, 4.69) is 5.32 Å². The van der Waals surface area contributed by atoms with Crippen molar-refractivity contribution in [3.05, 3.63) is 59.7 Å². The van der Waals surface area contributed by atoms with E-state index in [1.807, 2.05) is 55.5 Å². The van der Waals surface area contributed by atoms with Crippen LogP contribution in [0.15, 0.2) is 48.5 Å². The molecule has 1 fully saturated rings. The van der Waals surface area contributed by atoms with Crippen molar-refractivity contribution in [2.24, 2.45) is 0 Å². The van der Waals surface area contributed by atoms with Crippen LogP contribution in [0.25, 0.3) is 11.1 Å². The first-order valence-corrected chi connectivity index (χ1v) is 11.7. The van der Waals surface area contributed by atoms with Gasteiger partial charge in [-0.1, -0.05) is 61.9 Å². The fraction of sp³-hybridized carbons (Fsp3) is 0.423. The number of halogens is 2. The van der Waals surface area contributed by atoms with E-state index in [-0.39, 0.29) is 18.9 Å². The Balaban J connectivity index is 1.38. The predicted molar refractivity (Wildman–Crippen MR) is 124 cm³/mol. The minimum Gasteiger partial charge on any atom is -0.480 e. The van der Waals surface area contributed by atoms with Crippen molar-refractivity contribution in [2.45, 2.75) is 56.5 Å². The molecule has 0 aromatic heterocycles. The summed E-state index contributed by atoms with van der Waals surface area (Å²) >= 11 is 0. The molecule has 0 spiro atoms. The quantitative estimate of drug-likeness (QED) is 0.577. The van der Waals surface area contributed by atoms with Crippen LogP contribution in [-0.2, 0) is 14.3 Å². The van der Waals surface area contributed by atoms with E-state index in [9.17, 15) is 28.3 Å². The van der Waals surface area contributed by atoms with Crippen molar-refractivity contribution in [3.63, 3.8) is 0 Å². The summed E-state index contributed by atoms with van der Waals surface area (Å²) in [6, 6.07) is 13.6. The second-order valence-corrected chi connectivity index (χ2v) is 9.10. The normalized spacial score (nSPS) is 19.1. The van der Waals surface area contributed by atoms with E-state index in [0.29, 0.717) is 17.7 Å². The molecule has 35 heavy (non-hydrogen) atoms. The largest absolute Gasteiger partial charge is 0.480 e. The summed E-state index contributed by atoms with van der Waals surface area (Å²) in [6.07, 6.45) is -0.859. The standard InChI is InChI=1S/C26H28F2N2O5/c1-2-7-16(12-23(31)30-15-26(27,28)13-22(30)24(32)33)29-25(34)35-14-21-19-10-5-3-8-17(19)18-9-4-6-11-20(18)21/h3-6,8-11,16,21-22H,2,7,12-15H2,1H3,(H,29,34)(H,32,33)/t16-,22+/m0/s1. The number of hydrogen-bond acceptors (Lipinski definition) is 4. The zero-order valence-corrected chi connectivity index (χ0v) is 19.4. The first kappa shape index (κ1) is 24.6. The van der Waals surface area contributed by atoms with Crippen molar-refractivity contribution in [2.75, 3.05) is 13.2 Å². The number of likely N-dealkylation sites (tertiary alicyclic amines) is 1. The molecular weight excluding hydrogens is 458 g/mol. The lowest BCUT2D eigenvalue weighted by molar-refractivity contribution is -0.148. The number of hydrogen-bond donors (Lipinski definition) is 2. The fourth-order valence-electron chi connectivity index (χ4n) is 5.01. The minimum absolute atomic E-state index is 0.103. The molecule has 0 bridgehead atoms. The molecule has 186 valence electrons. The van der Waals surface area contributed by atoms with Gasteiger partial charge < -0.3 is 20.1 Å². The topological polar surface area (TPSA) is 95.9 Å². The summed E-state index contributed by atoms with van der Waals surface area (Å²) in [5.41, 5.74) is 4.33. The number of rotatable bonds is 8. The third kappa shape index (κ3) is 5.28. The Morgan fingerprint density at radius 2 is 1.71 bits per heavy atom. The number of amides is 2. The zero-order chi connectivity index (χ0) is 25.2. The van der Waals surface area contributed by atoms with Crippen molar-refractivity contribution >= 4 is 18.0 Å². The zero-order valence-electron chi connectivity index (χ0n) is 19.4. The number of carbonyl (C=O) groups excluding carboxylic acids is 2. The number of ether oxygens (including phenoxy) is 1. The van der Waals surface area contributed by atoms with E-state index in [0.717, 1.165) is 22.3 Å². The summed E-state index contributed by atoms with van der Waals surface area (Å²) in [7, 11) is 0. The van der Waals surface area contributed by atoms with Gasteiger partial charge in [-0.25, -0.2) is 18.4 Å². The second-order valence-electron chi connectivity index (χ2n) is 9.10. The van der Waals surface area contributed by atoms with E-state index in [1.54, 1.807) is 0 Å². The number of benzene rings is 2. The van der Waals surface area contributed by atoms with Crippen LogP contribution in [0.1, 0.15) is 49.7 Å². The lowest BCUT2D eigenvalue weighted by Gasteiger charge is -2.24. The molecule has 9 heteroatoms. The molecule has 1 aliphatic carbocycles. The highest BCUT2D eigenvalue weighted by Gasteiger charge is 2.50. The Bertz CT molecular complexity index is 1080. The summed E-state index contributed by atoms with van der Waals surface area (Å²) in [4.78, 5) is 37.4. The summed E-state index contributed by atoms with van der Waals surface area (Å²) in [6.45, 7) is 1.03. The number of alkyl halides is 2. The lowest BCUT2D eigenvalue weighted by Crippen LogP contribution is -2.45. The van der Waals surface area contributed by atoms with E-state index in [4.69, 9.17) is 4.74 Å². The van der Waals surface area contributed by atoms with Crippen LogP contribution in [0.4, 0.5) is 13.6 Å². The minimum atomic E-state index is -3.25. The fourth-order valence-corrected chi connectivity index (χ4v) is 5.01. The molecule has 2 amide bonds. The lowest BCUT2D eigenvalue weighted by atomic mass is 9.98. The van der Waals surface area contributed by atoms with Crippen LogP contribution in [-0.4, -0.2) is 59.1 Å². The van der Waals surface area contributed by atoms with Crippen molar-refractivity contribution in [1.29, 1.82) is 0 Å². The Kier molecular flexibility index (Phi) is 7.05. The highest BCUT2D eigenvalue weighted by Crippen LogP contribution is 2.44. The molecule has 1 heterocycles. The number of carboxylic acids is 1. The maximum atomic E-state index is 13.8. The molecule has 1 saturated heterocycles. The predicted octanol–water partition coefficient (Wildman–Crippen LogP) is 4.40. The number of alkyl carbamates (subject to hydrolysis) is 1. The first-order valence-electron chi connectivity index (χ1n) is 11.7. The number of carbonyl (C=O) groups is 3. The summed E-state index contributed by atoms with van der Waals surface area (Å²) in [5.74, 6) is -5.57. The first-order chi connectivity index (χ1) is 16.7. The molecule has 2 aromatic rings. The molecule has 7 nitrogen and oxygen atoms in total. The van der Waals surface area contributed by atoms with Crippen molar-refractivity contribution < 1.29 is 33.0 Å². The highest BCUT2D eigenvalue weighted by molar-refractivity contribution is 5.85. The van der Waals surface area contributed by atoms with Crippen LogP contribution in [0, 0.1) is 0 Å². The molecule has 2 N–H and O–H groups in total. The average molecular weight is 487 g/mol. The second kappa shape index (κ2) is 10.0. The molecular formula is C26H28F2N2O5.